The fraction of sp³-hybridized carbons (Fsp3) is 0.222. The molecule has 2 aromatic rings. The van der Waals surface area contributed by atoms with Gasteiger partial charge in [0.05, 0.1) is 7.11 Å². The molecule has 0 heterocycles. The molecular weight excluding hydrogens is 292 g/mol. The number of methoxy groups -OCH3 is 1. The first kappa shape index (κ1) is 16.7. The minimum atomic E-state index is -0.834. The van der Waals surface area contributed by atoms with Crippen LogP contribution in [0.5, 0.6) is 0 Å². The fourth-order valence-corrected chi connectivity index (χ4v) is 2.26. The summed E-state index contributed by atoms with van der Waals surface area (Å²) in [5, 5.41) is 2.68. The predicted octanol–water partition coefficient (Wildman–Crippen LogP) is 1.59. The molecule has 3 N–H and O–H groups in total. The highest BCUT2D eigenvalue weighted by Gasteiger charge is 2.25. The number of ether oxygens (including phenoxy) is 1. The zero-order valence-corrected chi connectivity index (χ0v) is 12.9. The van der Waals surface area contributed by atoms with Crippen molar-refractivity contribution in [3.05, 3.63) is 71.8 Å². The van der Waals surface area contributed by atoms with Crippen molar-refractivity contribution >= 4 is 11.9 Å². The molecule has 0 aliphatic carbocycles. The highest BCUT2D eigenvalue weighted by Crippen LogP contribution is 2.11. The first-order valence-electron chi connectivity index (χ1n) is 7.34. The van der Waals surface area contributed by atoms with Gasteiger partial charge in [-0.15, -0.1) is 0 Å². The third-order valence-corrected chi connectivity index (χ3v) is 3.53. The van der Waals surface area contributed by atoms with Gasteiger partial charge in [0.2, 0.25) is 5.91 Å². The van der Waals surface area contributed by atoms with E-state index in [1.54, 1.807) is 12.1 Å². The number of amides is 1. The molecule has 0 saturated carbocycles. The van der Waals surface area contributed by atoms with Crippen molar-refractivity contribution in [2.45, 2.75) is 18.5 Å². The largest absolute Gasteiger partial charge is 0.467 e. The second kappa shape index (κ2) is 8.10. The molecule has 2 rings (SSSR count). The number of carbonyl (C=O) groups is 2. The molecule has 1 amide bonds. The van der Waals surface area contributed by atoms with Gasteiger partial charge in [0.1, 0.15) is 12.1 Å². The summed E-state index contributed by atoms with van der Waals surface area (Å²) in [6.07, 6.45) is 0.348. The van der Waals surface area contributed by atoms with E-state index < -0.39 is 24.0 Å². The van der Waals surface area contributed by atoms with Crippen molar-refractivity contribution in [2.75, 3.05) is 7.11 Å². The van der Waals surface area contributed by atoms with Crippen LogP contribution in [0, 0.1) is 0 Å². The summed E-state index contributed by atoms with van der Waals surface area (Å²) in [6.45, 7) is 0. The van der Waals surface area contributed by atoms with Crippen LogP contribution in [0.3, 0.4) is 0 Å². The van der Waals surface area contributed by atoms with Gasteiger partial charge in [0, 0.05) is 6.42 Å². The van der Waals surface area contributed by atoms with Gasteiger partial charge in [-0.3, -0.25) is 4.79 Å². The molecule has 5 heteroatoms. The maximum atomic E-state index is 12.3. The van der Waals surface area contributed by atoms with Crippen molar-refractivity contribution in [1.29, 1.82) is 0 Å². The average molecular weight is 312 g/mol. The molecule has 5 nitrogen and oxygen atoms in total. The van der Waals surface area contributed by atoms with E-state index in [1.807, 2.05) is 48.5 Å². The normalized spacial score (nSPS) is 13.0. The molecule has 2 atom stereocenters. The summed E-state index contributed by atoms with van der Waals surface area (Å²) in [4.78, 5) is 24.3. The summed E-state index contributed by atoms with van der Waals surface area (Å²) in [5.74, 6) is -0.912. The monoisotopic (exact) mass is 312 g/mol. The average Bonchev–Trinajstić information content (AvgIpc) is 2.61. The molecular formula is C18H20N2O3. The van der Waals surface area contributed by atoms with Gasteiger partial charge in [-0.25, -0.2) is 4.79 Å². The molecule has 0 radical (unpaired) electrons. The van der Waals surface area contributed by atoms with Crippen LogP contribution in [0.1, 0.15) is 17.2 Å². The second-order valence-electron chi connectivity index (χ2n) is 5.16. The quantitative estimate of drug-likeness (QED) is 0.794. The Kier molecular flexibility index (Phi) is 5.88. The number of nitrogens with one attached hydrogen (secondary N) is 1. The Balaban J connectivity index is 2.08. The summed E-state index contributed by atoms with van der Waals surface area (Å²) >= 11 is 0. The summed E-state index contributed by atoms with van der Waals surface area (Å²) < 4.78 is 4.78. The lowest BCUT2D eigenvalue weighted by Gasteiger charge is -2.19. The molecule has 2 aromatic carbocycles. The Bertz CT molecular complexity index is 644. The van der Waals surface area contributed by atoms with E-state index in [0.29, 0.717) is 12.0 Å². The number of esters is 1. The highest BCUT2D eigenvalue weighted by atomic mass is 16.5. The number of carbonyl (C=O) groups excluding carboxylic acids is 2. The Labute approximate surface area is 135 Å². The molecule has 0 aliphatic heterocycles. The molecule has 0 aromatic heterocycles. The zero-order chi connectivity index (χ0) is 16.7. The third-order valence-electron chi connectivity index (χ3n) is 3.53. The smallest absolute Gasteiger partial charge is 0.328 e. The van der Waals surface area contributed by atoms with Crippen LogP contribution < -0.4 is 11.1 Å². The van der Waals surface area contributed by atoms with Gasteiger partial charge in [0.15, 0.2) is 0 Å². The fourth-order valence-electron chi connectivity index (χ4n) is 2.26. The van der Waals surface area contributed by atoms with Crippen LogP contribution in [0.2, 0.25) is 0 Å². The molecule has 0 saturated heterocycles. The van der Waals surface area contributed by atoms with E-state index >= 15 is 0 Å². The van der Waals surface area contributed by atoms with Crippen molar-refractivity contribution < 1.29 is 14.3 Å². The Morgan fingerprint density at radius 2 is 1.61 bits per heavy atom. The number of hydrogen-bond donors (Lipinski definition) is 2. The van der Waals surface area contributed by atoms with E-state index in [9.17, 15) is 9.59 Å². The van der Waals surface area contributed by atoms with E-state index in [-0.39, 0.29) is 0 Å². The first-order valence-corrected chi connectivity index (χ1v) is 7.34. The highest BCUT2D eigenvalue weighted by molar-refractivity contribution is 5.88. The summed E-state index contributed by atoms with van der Waals surface area (Å²) in [7, 11) is 1.30. The molecule has 0 unspecified atom stereocenters. The van der Waals surface area contributed by atoms with E-state index in [0.717, 1.165) is 5.56 Å². The van der Waals surface area contributed by atoms with Crippen molar-refractivity contribution in [3.8, 4) is 0 Å². The van der Waals surface area contributed by atoms with E-state index in [4.69, 9.17) is 10.5 Å². The Morgan fingerprint density at radius 3 is 2.17 bits per heavy atom. The number of rotatable bonds is 6. The maximum absolute atomic E-state index is 12.3. The number of benzene rings is 2. The van der Waals surface area contributed by atoms with Crippen LogP contribution in [0.4, 0.5) is 0 Å². The molecule has 120 valence electrons. The number of nitrogens with two attached hydrogens (primary N) is 1. The lowest BCUT2D eigenvalue weighted by molar-refractivity contribution is -0.145. The van der Waals surface area contributed by atoms with Gasteiger partial charge in [0.25, 0.3) is 0 Å². The lowest BCUT2D eigenvalue weighted by atomic mass is 10.0. The molecule has 0 fully saturated rings. The lowest BCUT2D eigenvalue weighted by Crippen LogP contribution is -2.46. The van der Waals surface area contributed by atoms with Crippen LogP contribution in [0.25, 0.3) is 0 Å². The van der Waals surface area contributed by atoms with Crippen molar-refractivity contribution in [1.82, 2.24) is 5.32 Å². The predicted molar refractivity (Wildman–Crippen MR) is 87.5 cm³/mol. The van der Waals surface area contributed by atoms with Crippen LogP contribution in [-0.2, 0) is 20.7 Å². The Morgan fingerprint density at radius 1 is 1.04 bits per heavy atom. The van der Waals surface area contributed by atoms with Crippen LogP contribution in [-0.4, -0.2) is 25.0 Å². The summed E-state index contributed by atoms with van der Waals surface area (Å²) in [6, 6.07) is 16.8. The van der Waals surface area contributed by atoms with Gasteiger partial charge in [-0.05, 0) is 11.1 Å². The van der Waals surface area contributed by atoms with Crippen molar-refractivity contribution in [3.63, 3.8) is 0 Å². The van der Waals surface area contributed by atoms with Gasteiger partial charge in [-0.2, -0.15) is 0 Å². The van der Waals surface area contributed by atoms with Crippen molar-refractivity contribution in [2.24, 2.45) is 5.73 Å². The summed E-state index contributed by atoms with van der Waals surface area (Å²) in [5.41, 5.74) is 7.57. The topological polar surface area (TPSA) is 81.4 Å². The SMILES string of the molecule is COC(=O)[C@H](Cc1ccccc1)NC(=O)[C@H](N)c1ccccc1. The zero-order valence-electron chi connectivity index (χ0n) is 12.9. The van der Waals surface area contributed by atoms with Gasteiger partial charge < -0.3 is 15.8 Å². The van der Waals surface area contributed by atoms with E-state index in [2.05, 4.69) is 5.32 Å². The van der Waals surface area contributed by atoms with E-state index in [1.165, 1.54) is 7.11 Å². The minimum absolute atomic E-state index is 0.348. The van der Waals surface area contributed by atoms with Gasteiger partial charge in [-0.1, -0.05) is 60.7 Å². The Hall–Kier alpha value is -2.66. The first-order chi connectivity index (χ1) is 11.1. The second-order valence-corrected chi connectivity index (χ2v) is 5.16. The number of hydrogen-bond acceptors (Lipinski definition) is 4. The molecule has 0 bridgehead atoms. The third kappa shape index (κ3) is 4.66. The van der Waals surface area contributed by atoms with Crippen LogP contribution >= 0.6 is 0 Å². The maximum Gasteiger partial charge on any atom is 0.328 e. The van der Waals surface area contributed by atoms with Gasteiger partial charge >= 0.3 is 5.97 Å². The van der Waals surface area contributed by atoms with Crippen LogP contribution in [0.15, 0.2) is 60.7 Å². The molecule has 0 spiro atoms. The molecule has 0 aliphatic rings. The minimum Gasteiger partial charge on any atom is -0.467 e. The molecule has 23 heavy (non-hydrogen) atoms. The standard InChI is InChI=1S/C18H20N2O3/c1-23-18(22)15(12-13-8-4-2-5-9-13)20-17(21)16(19)14-10-6-3-7-11-14/h2-11,15-16H,12,19H2,1H3,(H,20,21)/t15-,16+/m0/s1.